The van der Waals surface area contributed by atoms with Gasteiger partial charge in [0.05, 0.1) is 6.20 Å². The van der Waals surface area contributed by atoms with Crippen molar-refractivity contribution in [1.29, 1.82) is 0 Å². The predicted molar refractivity (Wildman–Crippen MR) is 37.6 cm³/mol. The van der Waals surface area contributed by atoms with Gasteiger partial charge < -0.3 is 0 Å². The van der Waals surface area contributed by atoms with E-state index in [0.29, 0.717) is 12.8 Å². The number of nitrogens with one attached hydrogen (secondary N) is 1. The molecule has 68 valence electrons. The smallest absolute Gasteiger partial charge is 0.273 e. The van der Waals surface area contributed by atoms with Crippen molar-refractivity contribution in [2.75, 3.05) is 0 Å². The predicted octanol–water partition coefficient (Wildman–Crippen LogP) is 2.38. The molecule has 1 aromatic rings. The summed E-state index contributed by atoms with van der Waals surface area (Å²) < 4.78 is 36.4. The van der Waals surface area contributed by atoms with Crippen LogP contribution < -0.4 is 0 Å². The second kappa shape index (κ2) is 3.16. The molecule has 1 aromatic heterocycles. The molecule has 0 saturated heterocycles. The van der Waals surface area contributed by atoms with Gasteiger partial charge in [0.15, 0.2) is 0 Å². The Morgan fingerprint density at radius 1 is 1.50 bits per heavy atom. The maximum Gasteiger partial charge on any atom is 0.433 e. The number of H-pyrrole nitrogens is 1. The van der Waals surface area contributed by atoms with Crippen LogP contribution in [0.2, 0.25) is 0 Å². The van der Waals surface area contributed by atoms with Crippen molar-refractivity contribution in [3.63, 3.8) is 0 Å². The summed E-state index contributed by atoms with van der Waals surface area (Å²) in [5, 5.41) is 5.32. The van der Waals surface area contributed by atoms with E-state index in [4.69, 9.17) is 0 Å². The third-order valence-corrected chi connectivity index (χ3v) is 1.52. The third-order valence-electron chi connectivity index (χ3n) is 1.52. The Labute approximate surface area is 67.8 Å². The number of hydrogen-bond acceptors (Lipinski definition) is 1. The normalized spacial score (nSPS) is 12.0. The number of nitrogens with zero attached hydrogens (tertiary/aromatic N) is 1. The van der Waals surface area contributed by atoms with Gasteiger partial charge in [0.1, 0.15) is 5.69 Å². The molecule has 12 heavy (non-hydrogen) atoms. The number of aromatic amines is 1. The van der Waals surface area contributed by atoms with Gasteiger partial charge in [-0.25, -0.2) is 0 Å². The van der Waals surface area contributed by atoms with Crippen molar-refractivity contribution in [3.05, 3.63) is 17.5 Å². The minimum atomic E-state index is -4.30. The molecule has 1 N–H and O–H groups in total. The third kappa shape index (κ3) is 1.78. The van der Waals surface area contributed by atoms with Crippen LogP contribution in [0.25, 0.3) is 0 Å². The van der Waals surface area contributed by atoms with Gasteiger partial charge in [-0.3, -0.25) is 5.10 Å². The van der Waals surface area contributed by atoms with Crippen LogP contribution in [0, 0.1) is 0 Å². The number of halogens is 3. The topological polar surface area (TPSA) is 28.7 Å². The molecule has 0 atom stereocenters. The molecule has 1 rings (SSSR count). The van der Waals surface area contributed by atoms with E-state index in [0.717, 1.165) is 0 Å². The minimum absolute atomic E-state index is 0.241. The maximum atomic E-state index is 12.1. The van der Waals surface area contributed by atoms with Gasteiger partial charge in [-0.1, -0.05) is 13.3 Å². The highest BCUT2D eigenvalue weighted by Gasteiger charge is 2.34. The monoisotopic (exact) mass is 178 g/mol. The molecule has 0 aliphatic rings. The first-order valence-corrected chi connectivity index (χ1v) is 3.65. The van der Waals surface area contributed by atoms with Crippen molar-refractivity contribution in [1.82, 2.24) is 10.2 Å². The zero-order valence-electron chi connectivity index (χ0n) is 6.57. The van der Waals surface area contributed by atoms with E-state index in [-0.39, 0.29) is 5.56 Å². The average molecular weight is 178 g/mol. The van der Waals surface area contributed by atoms with E-state index < -0.39 is 11.9 Å². The SMILES string of the molecule is CCCc1cn[nH]c1C(F)(F)F. The van der Waals surface area contributed by atoms with Crippen molar-refractivity contribution < 1.29 is 13.2 Å². The first-order chi connectivity index (χ1) is 5.55. The summed E-state index contributed by atoms with van der Waals surface area (Å²) >= 11 is 0. The van der Waals surface area contributed by atoms with Crippen LogP contribution in [0.1, 0.15) is 24.6 Å². The number of hydrogen-bond donors (Lipinski definition) is 1. The fourth-order valence-corrected chi connectivity index (χ4v) is 1.02. The van der Waals surface area contributed by atoms with Crippen LogP contribution >= 0.6 is 0 Å². The molecule has 2 nitrogen and oxygen atoms in total. The molecule has 0 radical (unpaired) electrons. The van der Waals surface area contributed by atoms with Crippen molar-refractivity contribution >= 4 is 0 Å². The van der Waals surface area contributed by atoms with Gasteiger partial charge >= 0.3 is 6.18 Å². The highest BCUT2D eigenvalue weighted by molar-refractivity contribution is 5.19. The summed E-state index contributed by atoms with van der Waals surface area (Å²) in [6.07, 6.45) is -1.98. The van der Waals surface area contributed by atoms with Gasteiger partial charge in [-0.05, 0) is 6.42 Å². The Bertz CT molecular complexity index is 251. The maximum absolute atomic E-state index is 12.1. The van der Waals surface area contributed by atoms with E-state index >= 15 is 0 Å². The van der Waals surface area contributed by atoms with Gasteiger partial charge in [-0.2, -0.15) is 18.3 Å². The molecule has 0 amide bonds. The van der Waals surface area contributed by atoms with E-state index in [2.05, 4.69) is 5.10 Å². The lowest BCUT2D eigenvalue weighted by Gasteiger charge is -2.05. The lowest BCUT2D eigenvalue weighted by atomic mass is 10.1. The van der Waals surface area contributed by atoms with Crippen LogP contribution in [0.5, 0.6) is 0 Å². The summed E-state index contributed by atoms with van der Waals surface area (Å²) in [6.45, 7) is 1.83. The molecule has 1 heterocycles. The Balaban J connectivity index is 2.91. The first kappa shape index (κ1) is 9.09. The average Bonchev–Trinajstić information content (AvgIpc) is 2.34. The van der Waals surface area contributed by atoms with Crippen molar-refractivity contribution in [2.45, 2.75) is 25.9 Å². The molecule has 0 unspecified atom stereocenters. The number of aryl methyl sites for hydroxylation is 1. The molecule has 0 spiro atoms. The van der Waals surface area contributed by atoms with Crippen molar-refractivity contribution in [3.8, 4) is 0 Å². The molecule has 5 heteroatoms. The molecular weight excluding hydrogens is 169 g/mol. The number of rotatable bonds is 2. The van der Waals surface area contributed by atoms with Gasteiger partial charge in [0, 0.05) is 5.56 Å². The van der Waals surface area contributed by atoms with E-state index in [1.165, 1.54) is 6.20 Å². The molecule has 0 aliphatic heterocycles. The van der Waals surface area contributed by atoms with Crippen LogP contribution in [0.15, 0.2) is 6.20 Å². The minimum Gasteiger partial charge on any atom is -0.273 e. The number of alkyl halides is 3. The fourth-order valence-electron chi connectivity index (χ4n) is 1.02. The highest BCUT2D eigenvalue weighted by atomic mass is 19.4. The zero-order chi connectivity index (χ0) is 9.19. The van der Waals surface area contributed by atoms with Gasteiger partial charge in [0.25, 0.3) is 0 Å². The Morgan fingerprint density at radius 2 is 2.17 bits per heavy atom. The lowest BCUT2D eigenvalue weighted by molar-refractivity contribution is -0.141. The van der Waals surface area contributed by atoms with Crippen LogP contribution in [0.3, 0.4) is 0 Å². The van der Waals surface area contributed by atoms with Crippen LogP contribution in [-0.4, -0.2) is 10.2 Å². The Hall–Kier alpha value is -1.00. The van der Waals surface area contributed by atoms with Crippen LogP contribution in [-0.2, 0) is 12.6 Å². The lowest BCUT2D eigenvalue weighted by Crippen LogP contribution is -2.08. The summed E-state index contributed by atoms with van der Waals surface area (Å²) in [7, 11) is 0. The molecule has 0 aliphatic carbocycles. The second-order valence-corrected chi connectivity index (χ2v) is 2.52. The van der Waals surface area contributed by atoms with Crippen LogP contribution in [0.4, 0.5) is 13.2 Å². The summed E-state index contributed by atoms with van der Waals surface area (Å²) in [5.41, 5.74) is -0.477. The highest BCUT2D eigenvalue weighted by Crippen LogP contribution is 2.30. The Morgan fingerprint density at radius 3 is 2.67 bits per heavy atom. The zero-order valence-corrected chi connectivity index (χ0v) is 6.57. The molecule has 0 bridgehead atoms. The summed E-state index contributed by atoms with van der Waals surface area (Å²) in [4.78, 5) is 0. The van der Waals surface area contributed by atoms with Crippen molar-refractivity contribution in [2.24, 2.45) is 0 Å². The van der Waals surface area contributed by atoms with Gasteiger partial charge in [0.2, 0.25) is 0 Å². The second-order valence-electron chi connectivity index (χ2n) is 2.52. The standard InChI is InChI=1S/C7H9F3N2/c1-2-3-5-4-11-12-6(5)7(8,9)10/h4H,2-3H2,1H3,(H,11,12). The Kier molecular flexibility index (Phi) is 2.40. The summed E-state index contributed by atoms with van der Waals surface area (Å²) in [5.74, 6) is 0. The van der Waals surface area contributed by atoms with E-state index in [9.17, 15) is 13.2 Å². The van der Waals surface area contributed by atoms with E-state index in [1.54, 1.807) is 0 Å². The van der Waals surface area contributed by atoms with E-state index in [1.807, 2.05) is 12.0 Å². The number of aromatic nitrogens is 2. The fraction of sp³-hybridized carbons (Fsp3) is 0.571. The molecule has 0 saturated carbocycles. The quantitative estimate of drug-likeness (QED) is 0.739. The van der Waals surface area contributed by atoms with Gasteiger partial charge in [-0.15, -0.1) is 0 Å². The first-order valence-electron chi connectivity index (χ1n) is 3.65. The molecule has 0 fully saturated rings. The molecular formula is C7H9F3N2. The summed E-state index contributed by atoms with van der Waals surface area (Å²) in [6, 6.07) is 0. The largest absolute Gasteiger partial charge is 0.433 e. The molecule has 0 aromatic carbocycles.